The van der Waals surface area contributed by atoms with Gasteiger partial charge in [0.05, 0.1) is 19.8 Å². The monoisotopic (exact) mass is 448 g/mol. The third kappa shape index (κ3) is 5.82. The van der Waals surface area contributed by atoms with Crippen LogP contribution in [-0.4, -0.2) is 56.7 Å². The molecule has 0 saturated carbocycles. The van der Waals surface area contributed by atoms with Gasteiger partial charge in [-0.3, -0.25) is 9.79 Å². The lowest BCUT2D eigenvalue weighted by Gasteiger charge is -2.16. The summed E-state index contributed by atoms with van der Waals surface area (Å²) in [5.74, 6) is 1.05. The highest BCUT2D eigenvalue weighted by molar-refractivity contribution is 14.0. The number of hydrogen-bond donors (Lipinski definition) is 2. The highest BCUT2D eigenvalue weighted by Gasteiger charge is 2.31. The van der Waals surface area contributed by atoms with Crippen LogP contribution >= 0.6 is 24.0 Å². The van der Waals surface area contributed by atoms with Gasteiger partial charge in [-0.15, -0.1) is 24.0 Å². The average Bonchev–Trinajstić information content (AvgIpc) is 3.01. The van der Waals surface area contributed by atoms with E-state index in [4.69, 9.17) is 15.2 Å². The fourth-order valence-electron chi connectivity index (χ4n) is 2.40. The van der Waals surface area contributed by atoms with E-state index in [0.717, 1.165) is 24.3 Å². The maximum atomic E-state index is 11.8. The number of carbonyl (C=O) groups excluding carboxylic acids is 1. The Balaban J connectivity index is 0.00000288. The van der Waals surface area contributed by atoms with E-state index in [0.29, 0.717) is 12.5 Å². The predicted octanol–water partition coefficient (Wildman–Crippen LogP) is 1.68. The maximum absolute atomic E-state index is 11.8. The molecule has 0 bridgehead atoms. The Morgan fingerprint density at radius 3 is 2.88 bits per heavy atom. The van der Waals surface area contributed by atoms with Crippen LogP contribution in [0.5, 0.6) is 5.75 Å². The molecule has 7 nitrogen and oxygen atoms in total. The van der Waals surface area contributed by atoms with Crippen molar-refractivity contribution in [3.8, 4) is 5.75 Å². The number of nitrogens with two attached hydrogens (primary N) is 1. The number of anilines is 1. The number of likely N-dealkylation sites (N-methyl/N-ethyl adjacent to an activating group) is 1. The second-order valence-electron chi connectivity index (χ2n) is 5.64. The number of ether oxygens (including phenoxy) is 2. The predicted molar refractivity (Wildman–Crippen MR) is 105 cm³/mol. The van der Waals surface area contributed by atoms with Crippen LogP contribution in [-0.2, 0) is 9.53 Å². The van der Waals surface area contributed by atoms with Crippen LogP contribution in [0.3, 0.4) is 0 Å². The zero-order chi connectivity index (χ0) is 16.8. The lowest BCUT2D eigenvalue weighted by Crippen LogP contribution is -2.34. The summed E-state index contributed by atoms with van der Waals surface area (Å²) < 4.78 is 10.9. The number of rotatable bonds is 5. The van der Waals surface area contributed by atoms with Crippen LogP contribution in [0.15, 0.2) is 29.3 Å². The maximum Gasteiger partial charge on any atom is 0.251 e. The van der Waals surface area contributed by atoms with Crippen LogP contribution in [0.1, 0.15) is 12.8 Å². The number of amides is 1. The van der Waals surface area contributed by atoms with Crippen molar-refractivity contribution in [2.75, 3.05) is 33.1 Å². The molecule has 2 unspecified atom stereocenters. The van der Waals surface area contributed by atoms with Crippen molar-refractivity contribution in [1.29, 1.82) is 0 Å². The highest BCUT2D eigenvalue weighted by Crippen LogP contribution is 2.21. The summed E-state index contributed by atoms with van der Waals surface area (Å²) in [5.41, 5.74) is 6.69. The Hall–Kier alpha value is -1.55. The summed E-state index contributed by atoms with van der Waals surface area (Å²) in [6, 6.07) is 7.43. The Kier molecular flexibility index (Phi) is 8.26. The molecule has 1 saturated heterocycles. The zero-order valence-corrected chi connectivity index (χ0v) is 16.5. The van der Waals surface area contributed by atoms with E-state index in [1.54, 1.807) is 26.1 Å². The van der Waals surface area contributed by atoms with Crippen LogP contribution in [0.2, 0.25) is 0 Å². The molecule has 24 heavy (non-hydrogen) atoms. The quantitative estimate of drug-likeness (QED) is 0.407. The number of benzene rings is 1. The molecule has 1 heterocycles. The fraction of sp³-hybridized carbons (Fsp3) is 0.500. The van der Waals surface area contributed by atoms with Crippen molar-refractivity contribution in [3.05, 3.63) is 24.3 Å². The number of aliphatic imine (C=N–C) groups is 1. The van der Waals surface area contributed by atoms with Gasteiger partial charge in [0.2, 0.25) is 0 Å². The normalized spacial score (nSPS) is 20.2. The average molecular weight is 448 g/mol. The van der Waals surface area contributed by atoms with E-state index in [9.17, 15) is 4.79 Å². The summed E-state index contributed by atoms with van der Waals surface area (Å²) in [7, 11) is 5.07. The topological polar surface area (TPSA) is 89.2 Å². The smallest absolute Gasteiger partial charge is 0.251 e. The van der Waals surface area contributed by atoms with E-state index < -0.39 is 0 Å². The van der Waals surface area contributed by atoms with Gasteiger partial charge in [0.1, 0.15) is 11.9 Å². The van der Waals surface area contributed by atoms with Gasteiger partial charge >= 0.3 is 0 Å². The molecule has 0 radical (unpaired) electrons. The van der Waals surface area contributed by atoms with Crippen LogP contribution in [0, 0.1) is 0 Å². The molecule has 0 aliphatic carbocycles. The van der Waals surface area contributed by atoms with Crippen LogP contribution in [0.4, 0.5) is 5.69 Å². The third-order valence-electron chi connectivity index (χ3n) is 3.63. The van der Waals surface area contributed by atoms with Crippen molar-refractivity contribution < 1.29 is 14.3 Å². The van der Waals surface area contributed by atoms with Gasteiger partial charge in [-0.1, -0.05) is 6.07 Å². The van der Waals surface area contributed by atoms with E-state index in [-0.39, 0.29) is 42.1 Å². The molecule has 2 rings (SSSR count). The third-order valence-corrected chi connectivity index (χ3v) is 3.63. The zero-order valence-electron chi connectivity index (χ0n) is 14.2. The summed E-state index contributed by atoms with van der Waals surface area (Å²) in [6.45, 7) is 0.431. The first-order valence-electron chi connectivity index (χ1n) is 7.57. The van der Waals surface area contributed by atoms with Gasteiger partial charge in [0.25, 0.3) is 5.91 Å². The largest absolute Gasteiger partial charge is 0.497 e. The molecule has 1 amide bonds. The molecule has 0 spiro atoms. The van der Waals surface area contributed by atoms with Gasteiger partial charge < -0.3 is 25.4 Å². The summed E-state index contributed by atoms with van der Waals surface area (Å²) in [4.78, 5) is 17.7. The van der Waals surface area contributed by atoms with E-state index in [1.807, 2.05) is 24.3 Å². The number of hydrogen-bond acceptors (Lipinski definition) is 4. The number of carbonyl (C=O) groups is 1. The second kappa shape index (κ2) is 9.67. The molecule has 0 aromatic heterocycles. The number of halogens is 1. The second-order valence-corrected chi connectivity index (χ2v) is 5.64. The molecule has 2 atom stereocenters. The van der Waals surface area contributed by atoms with Gasteiger partial charge in [-0.2, -0.15) is 0 Å². The molecule has 1 aliphatic rings. The highest BCUT2D eigenvalue weighted by atomic mass is 127. The molecule has 1 aromatic rings. The first-order valence-corrected chi connectivity index (χ1v) is 7.57. The standard InChI is InChI=1S/C16H24N4O3.HI/c1-20(2)15(21)14-8-7-13(23-14)10-18-16(17)19-11-5-4-6-12(9-11)22-3;/h4-6,9,13-14H,7-8,10H2,1-3H3,(H3,17,18,19);1H. The molecule has 8 heteroatoms. The Labute approximate surface area is 159 Å². The number of nitrogens with one attached hydrogen (secondary N) is 1. The number of guanidine groups is 1. The molecule has 1 aromatic carbocycles. The summed E-state index contributed by atoms with van der Waals surface area (Å²) >= 11 is 0. The van der Waals surface area contributed by atoms with E-state index >= 15 is 0 Å². The van der Waals surface area contributed by atoms with E-state index in [1.165, 1.54) is 0 Å². The Morgan fingerprint density at radius 1 is 1.46 bits per heavy atom. The molecule has 3 N–H and O–H groups in total. The first-order chi connectivity index (χ1) is 11.0. The molecular formula is C16H25IN4O3. The van der Waals surface area contributed by atoms with Gasteiger partial charge in [0.15, 0.2) is 5.96 Å². The van der Waals surface area contributed by atoms with Gasteiger partial charge in [0, 0.05) is 25.8 Å². The fourth-order valence-corrected chi connectivity index (χ4v) is 2.40. The molecular weight excluding hydrogens is 423 g/mol. The van der Waals surface area contributed by atoms with Gasteiger partial charge in [-0.05, 0) is 25.0 Å². The van der Waals surface area contributed by atoms with Crippen molar-refractivity contribution in [1.82, 2.24) is 4.90 Å². The van der Waals surface area contributed by atoms with Crippen LogP contribution < -0.4 is 15.8 Å². The lowest BCUT2D eigenvalue weighted by atomic mass is 10.2. The summed E-state index contributed by atoms with van der Waals surface area (Å²) in [6.07, 6.45) is 1.09. The van der Waals surface area contributed by atoms with Crippen LogP contribution in [0.25, 0.3) is 0 Å². The number of methoxy groups -OCH3 is 1. The Bertz CT molecular complexity index is 580. The van der Waals surface area contributed by atoms with E-state index in [2.05, 4.69) is 10.3 Å². The minimum absolute atomic E-state index is 0. The van der Waals surface area contributed by atoms with Crippen molar-refractivity contribution in [2.24, 2.45) is 10.7 Å². The Morgan fingerprint density at radius 2 is 2.21 bits per heavy atom. The minimum atomic E-state index is -0.363. The van der Waals surface area contributed by atoms with Crippen molar-refractivity contribution in [3.63, 3.8) is 0 Å². The first kappa shape index (κ1) is 20.5. The molecule has 1 aliphatic heterocycles. The summed E-state index contributed by atoms with van der Waals surface area (Å²) in [5, 5.41) is 3.01. The minimum Gasteiger partial charge on any atom is -0.497 e. The molecule has 1 fully saturated rings. The van der Waals surface area contributed by atoms with Crippen molar-refractivity contribution >= 4 is 41.5 Å². The van der Waals surface area contributed by atoms with Gasteiger partial charge in [-0.25, -0.2) is 0 Å². The molecule has 134 valence electrons. The SMILES string of the molecule is COc1cccc(NC(N)=NCC2CCC(C(=O)N(C)C)O2)c1.I. The van der Waals surface area contributed by atoms with Crippen molar-refractivity contribution in [2.45, 2.75) is 25.0 Å². The number of nitrogens with zero attached hydrogens (tertiary/aromatic N) is 2. The lowest BCUT2D eigenvalue weighted by molar-refractivity contribution is -0.140.